The van der Waals surface area contributed by atoms with Gasteiger partial charge in [-0.05, 0) is 37.3 Å². The predicted octanol–water partition coefficient (Wildman–Crippen LogP) is 3.45. The highest BCUT2D eigenvalue weighted by Crippen LogP contribution is 2.32. The summed E-state index contributed by atoms with van der Waals surface area (Å²) in [5.74, 6) is 0.753. The Bertz CT molecular complexity index is 697. The van der Waals surface area contributed by atoms with E-state index in [4.69, 9.17) is 0 Å². The van der Waals surface area contributed by atoms with E-state index in [2.05, 4.69) is 10.3 Å². The van der Waals surface area contributed by atoms with Crippen LogP contribution in [0.25, 0.3) is 0 Å². The number of nitrogens with zero attached hydrogens (tertiary/aromatic N) is 2. The first kappa shape index (κ1) is 18.2. The van der Waals surface area contributed by atoms with E-state index < -0.39 is 9.84 Å². The molecular formula is C18H27N3O3S. The minimum atomic E-state index is -3.32. The highest BCUT2D eigenvalue weighted by atomic mass is 32.2. The van der Waals surface area contributed by atoms with Gasteiger partial charge in [-0.15, -0.1) is 0 Å². The standard InChI is InChI=1S/C18H27N3O3S/c1-25(23,24)17-10-9-15(13-19-17)20-18(22)21-11-5-8-16(21)12-14-6-3-2-4-7-14/h9-10,13-14,16H,2-8,11-12H2,1H3,(H,20,22)/t16-/m1/s1. The Labute approximate surface area is 149 Å². The molecule has 1 aromatic heterocycles. The molecule has 0 aromatic carbocycles. The number of hydrogen-bond acceptors (Lipinski definition) is 4. The van der Waals surface area contributed by atoms with Crippen LogP contribution in [-0.2, 0) is 9.84 Å². The lowest BCUT2D eigenvalue weighted by molar-refractivity contribution is 0.190. The number of carbonyl (C=O) groups is 1. The van der Waals surface area contributed by atoms with E-state index in [1.165, 1.54) is 44.4 Å². The van der Waals surface area contributed by atoms with Crippen molar-refractivity contribution < 1.29 is 13.2 Å². The van der Waals surface area contributed by atoms with E-state index in [1.807, 2.05) is 4.90 Å². The Kier molecular flexibility index (Phi) is 5.61. The fourth-order valence-corrected chi connectivity index (χ4v) is 4.58. The Morgan fingerprint density at radius 2 is 1.96 bits per heavy atom. The van der Waals surface area contributed by atoms with Crippen molar-refractivity contribution in [2.45, 2.75) is 62.4 Å². The van der Waals surface area contributed by atoms with Gasteiger partial charge < -0.3 is 10.2 Å². The molecule has 0 radical (unpaired) electrons. The predicted molar refractivity (Wildman–Crippen MR) is 97.3 cm³/mol. The molecule has 138 valence electrons. The van der Waals surface area contributed by atoms with Crippen molar-refractivity contribution >= 4 is 21.6 Å². The minimum Gasteiger partial charge on any atom is -0.322 e. The summed E-state index contributed by atoms with van der Waals surface area (Å²) in [5.41, 5.74) is 0.528. The molecule has 1 saturated carbocycles. The van der Waals surface area contributed by atoms with Crippen LogP contribution in [0.4, 0.5) is 10.5 Å². The van der Waals surface area contributed by atoms with Crippen molar-refractivity contribution in [2.75, 3.05) is 18.1 Å². The van der Waals surface area contributed by atoms with Crippen LogP contribution in [-0.4, -0.2) is 43.2 Å². The monoisotopic (exact) mass is 365 g/mol. The van der Waals surface area contributed by atoms with Gasteiger partial charge in [0.05, 0.1) is 11.9 Å². The van der Waals surface area contributed by atoms with Crippen LogP contribution in [0.2, 0.25) is 0 Å². The zero-order valence-electron chi connectivity index (χ0n) is 14.8. The van der Waals surface area contributed by atoms with Crippen LogP contribution in [0.3, 0.4) is 0 Å². The third kappa shape index (κ3) is 4.71. The first-order valence-corrected chi connectivity index (χ1v) is 11.1. The molecule has 1 aliphatic carbocycles. The molecule has 7 heteroatoms. The summed E-state index contributed by atoms with van der Waals surface area (Å²) in [4.78, 5) is 18.5. The van der Waals surface area contributed by atoms with E-state index in [-0.39, 0.29) is 11.1 Å². The summed E-state index contributed by atoms with van der Waals surface area (Å²) >= 11 is 0. The van der Waals surface area contributed by atoms with Crippen molar-refractivity contribution in [3.05, 3.63) is 18.3 Å². The van der Waals surface area contributed by atoms with Gasteiger partial charge in [0.15, 0.2) is 14.9 Å². The molecule has 1 aliphatic heterocycles. The number of anilines is 1. The van der Waals surface area contributed by atoms with Gasteiger partial charge in [0.25, 0.3) is 0 Å². The summed E-state index contributed by atoms with van der Waals surface area (Å²) in [5, 5.41) is 2.88. The lowest BCUT2D eigenvalue weighted by atomic mass is 9.84. The maximum atomic E-state index is 12.6. The molecular weight excluding hydrogens is 338 g/mol. The normalized spacial score (nSPS) is 22.1. The van der Waals surface area contributed by atoms with Crippen LogP contribution < -0.4 is 5.32 Å². The van der Waals surface area contributed by atoms with Gasteiger partial charge in [-0.1, -0.05) is 32.1 Å². The topological polar surface area (TPSA) is 79.4 Å². The van der Waals surface area contributed by atoms with Gasteiger partial charge in [-0.2, -0.15) is 0 Å². The van der Waals surface area contributed by atoms with Crippen LogP contribution in [0.15, 0.2) is 23.4 Å². The number of amides is 2. The van der Waals surface area contributed by atoms with Crippen LogP contribution in [0, 0.1) is 5.92 Å². The molecule has 1 saturated heterocycles. The summed E-state index contributed by atoms with van der Waals surface area (Å²) in [6, 6.07) is 3.24. The van der Waals surface area contributed by atoms with Crippen molar-refractivity contribution in [1.29, 1.82) is 0 Å². The van der Waals surface area contributed by atoms with Crippen molar-refractivity contribution in [3.8, 4) is 0 Å². The largest absolute Gasteiger partial charge is 0.322 e. The quantitative estimate of drug-likeness (QED) is 0.886. The second-order valence-corrected chi connectivity index (χ2v) is 9.28. The fourth-order valence-electron chi connectivity index (χ4n) is 4.02. The van der Waals surface area contributed by atoms with Crippen molar-refractivity contribution in [1.82, 2.24) is 9.88 Å². The molecule has 2 heterocycles. The summed E-state index contributed by atoms with van der Waals surface area (Å²) in [6.07, 6.45) is 12.3. The SMILES string of the molecule is CS(=O)(=O)c1ccc(NC(=O)N2CCC[C@@H]2CC2CCCCC2)cn1. The number of likely N-dealkylation sites (tertiary alicyclic amines) is 1. The molecule has 1 aromatic rings. The number of sulfone groups is 1. The van der Waals surface area contributed by atoms with Gasteiger partial charge in [-0.25, -0.2) is 18.2 Å². The number of hydrogen-bond donors (Lipinski definition) is 1. The Balaban J connectivity index is 1.59. The van der Waals surface area contributed by atoms with E-state index in [0.717, 1.165) is 38.0 Å². The van der Waals surface area contributed by atoms with Gasteiger partial charge in [0, 0.05) is 18.8 Å². The lowest BCUT2D eigenvalue weighted by Gasteiger charge is -2.30. The number of rotatable bonds is 4. The zero-order valence-corrected chi connectivity index (χ0v) is 15.6. The number of aromatic nitrogens is 1. The van der Waals surface area contributed by atoms with E-state index >= 15 is 0 Å². The lowest BCUT2D eigenvalue weighted by Crippen LogP contribution is -2.39. The van der Waals surface area contributed by atoms with Gasteiger partial charge in [-0.3, -0.25) is 0 Å². The van der Waals surface area contributed by atoms with E-state index in [1.54, 1.807) is 6.07 Å². The highest BCUT2D eigenvalue weighted by Gasteiger charge is 2.31. The van der Waals surface area contributed by atoms with E-state index in [0.29, 0.717) is 11.7 Å². The molecule has 2 amide bonds. The minimum absolute atomic E-state index is 0.0156. The first-order chi connectivity index (χ1) is 11.9. The average molecular weight is 365 g/mol. The summed E-state index contributed by atoms with van der Waals surface area (Å²) < 4.78 is 22.9. The molecule has 1 atom stereocenters. The van der Waals surface area contributed by atoms with Crippen molar-refractivity contribution in [2.24, 2.45) is 5.92 Å². The second kappa shape index (κ2) is 7.72. The Morgan fingerprint density at radius 1 is 1.20 bits per heavy atom. The van der Waals surface area contributed by atoms with Gasteiger partial charge >= 0.3 is 6.03 Å². The van der Waals surface area contributed by atoms with Crippen LogP contribution in [0.5, 0.6) is 0 Å². The molecule has 25 heavy (non-hydrogen) atoms. The molecule has 0 spiro atoms. The second-order valence-electron chi connectivity index (χ2n) is 7.32. The molecule has 3 rings (SSSR count). The molecule has 2 aliphatic rings. The molecule has 1 N–H and O–H groups in total. The molecule has 2 fully saturated rings. The number of urea groups is 1. The Hall–Kier alpha value is -1.63. The Morgan fingerprint density at radius 3 is 2.60 bits per heavy atom. The van der Waals surface area contributed by atoms with Gasteiger partial charge in [0.2, 0.25) is 0 Å². The average Bonchev–Trinajstić information content (AvgIpc) is 3.04. The van der Waals surface area contributed by atoms with Crippen LogP contribution in [0.1, 0.15) is 51.4 Å². The number of pyridine rings is 1. The molecule has 0 unspecified atom stereocenters. The first-order valence-electron chi connectivity index (χ1n) is 9.17. The third-order valence-corrected chi connectivity index (χ3v) is 6.34. The maximum absolute atomic E-state index is 12.6. The summed E-state index contributed by atoms with van der Waals surface area (Å²) in [6.45, 7) is 0.790. The van der Waals surface area contributed by atoms with Gasteiger partial charge in [0.1, 0.15) is 0 Å². The smallest absolute Gasteiger partial charge is 0.322 e. The van der Waals surface area contributed by atoms with Crippen molar-refractivity contribution in [3.63, 3.8) is 0 Å². The summed E-state index contributed by atoms with van der Waals surface area (Å²) in [7, 11) is -3.32. The van der Waals surface area contributed by atoms with Crippen LogP contribution >= 0.6 is 0 Å². The number of carbonyl (C=O) groups excluding carboxylic acids is 1. The third-order valence-electron chi connectivity index (χ3n) is 5.34. The molecule has 0 bridgehead atoms. The highest BCUT2D eigenvalue weighted by molar-refractivity contribution is 7.90. The number of nitrogens with one attached hydrogen (secondary N) is 1. The molecule has 6 nitrogen and oxygen atoms in total. The van der Waals surface area contributed by atoms with E-state index in [9.17, 15) is 13.2 Å². The zero-order chi connectivity index (χ0) is 17.9. The fraction of sp³-hybridized carbons (Fsp3) is 0.667. The maximum Gasteiger partial charge on any atom is 0.322 e.